The molecule has 2 heteroatoms. The molecular weight excluding hydrogens is 216 g/mol. The van der Waals surface area contributed by atoms with Gasteiger partial charge in [0.1, 0.15) is 5.75 Å². The van der Waals surface area contributed by atoms with Gasteiger partial charge >= 0.3 is 0 Å². The van der Waals surface area contributed by atoms with Crippen molar-refractivity contribution in [2.75, 3.05) is 5.75 Å². The summed E-state index contributed by atoms with van der Waals surface area (Å²) in [5.74, 6) is 1.16. The smallest absolute Gasteiger partial charge is 0.119 e. The largest absolute Gasteiger partial charge is 0.508 e. The summed E-state index contributed by atoms with van der Waals surface area (Å²) >= 11 is 4.37. The van der Waals surface area contributed by atoms with E-state index in [1.54, 1.807) is 6.07 Å². The molecule has 82 valence electrons. The van der Waals surface area contributed by atoms with Gasteiger partial charge in [-0.2, -0.15) is 12.6 Å². The second-order valence-electron chi connectivity index (χ2n) is 3.70. The average molecular weight is 230 g/mol. The van der Waals surface area contributed by atoms with Crippen LogP contribution in [0.1, 0.15) is 17.0 Å². The van der Waals surface area contributed by atoms with Crippen LogP contribution >= 0.6 is 12.6 Å². The maximum absolute atomic E-state index is 9.84. The lowest BCUT2D eigenvalue weighted by atomic mass is 9.92. The Labute approximate surface area is 101 Å². The lowest BCUT2D eigenvalue weighted by Crippen LogP contribution is -2.02. The number of hydrogen-bond acceptors (Lipinski definition) is 2. The monoisotopic (exact) mass is 230 g/mol. The van der Waals surface area contributed by atoms with E-state index < -0.39 is 0 Å². The number of phenolic OH excluding ortho intramolecular Hbond substituents is 1. The summed E-state index contributed by atoms with van der Waals surface area (Å²) in [4.78, 5) is 0. The van der Waals surface area contributed by atoms with Crippen molar-refractivity contribution in [3.8, 4) is 5.75 Å². The lowest BCUT2D eigenvalue weighted by molar-refractivity contribution is 0.466. The fourth-order valence-electron chi connectivity index (χ4n) is 1.85. The normalized spacial score (nSPS) is 12.3. The highest BCUT2D eigenvalue weighted by atomic mass is 32.1. The number of para-hydroxylation sites is 1. The summed E-state index contributed by atoms with van der Waals surface area (Å²) in [6, 6.07) is 17.6. The van der Waals surface area contributed by atoms with Crippen LogP contribution in [0.2, 0.25) is 0 Å². The summed E-state index contributed by atoms with van der Waals surface area (Å²) in [5, 5.41) is 9.84. The number of aromatic hydroxyl groups is 1. The fraction of sp³-hybridized carbons (Fsp3) is 0.143. The van der Waals surface area contributed by atoms with Gasteiger partial charge in [0.25, 0.3) is 0 Å². The van der Waals surface area contributed by atoms with Crippen molar-refractivity contribution in [1.82, 2.24) is 0 Å². The van der Waals surface area contributed by atoms with Crippen molar-refractivity contribution in [3.05, 3.63) is 65.7 Å². The van der Waals surface area contributed by atoms with Gasteiger partial charge in [-0.05, 0) is 11.6 Å². The molecule has 0 aliphatic heterocycles. The Kier molecular flexibility index (Phi) is 3.52. The van der Waals surface area contributed by atoms with Gasteiger partial charge in [-0.25, -0.2) is 0 Å². The number of benzene rings is 2. The van der Waals surface area contributed by atoms with E-state index >= 15 is 0 Å². The molecule has 1 nitrogen and oxygen atoms in total. The van der Waals surface area contributed by atoms with Crippen LogP contribution in [0.4, 0.5) is 0 Å². The fourth-order valence-corrected chi connectivity index (χ4v) is 2.26. The second-order valence-corrected chi connectivity index (χ2v) is 4.07. The predicted octanol–water partition coefficient (Wildman–Crippen LogP) is 3.45. The van der Waals surface area contributed by atoms with Crippen molar-refractivity contribution in [1.29, 1.82) is 0 Å². The number of rotatable bonds is 3. The number of phenols is 1. The quantitative estimate of drug-likeness (QED) is 0.774. The standard InChI is InChI=1S/C14H14OS/c15-14-9-5-4-8-12(14)13(10-16)11-6-2-1-3-7-11/h1-9,13,15-16H,10H2. The molecule has 16 heavy (non-hydrogen) atoms. The van der Waals surface area contributed by atoms with Crippen LogP contribution in [-0.2, 0) is 0 Å². The van der Waals surface area contributed by atoms with E-state index in [-0.39, 0.29) is 5.92 Å². The van der Waals surface area contributed by atoms with Crippen molar-refractivity contribution in [3.63, 3.8) is 0 Å². The van der Waals surface area contributed by atoms with Crippen LogP contribution in [0.5, 0.6) is 5.75 Å². The molecule has 0 aliphatic carbocycles. The Bertz CT molecular complexity index is 453. The van der Waals surface area contributed by atoms with Gasteiger partial charge < -0.3 is 5.11 Å². The van der Waals surface area contributed by atoms with E-state index in [0.717, 1.165) is 5.56 Å². The maximum atomic E-state index is 9.84. The SMILES string of the molecule is Oc1ccccc1C(CS)c1ccccc1. The molecule has 1 atom stereocenters. The summed E-state index contributed by atoms with van der Waals surface area (Å²) in [6.45, 7) is 0. The topological polar surface area (TPSA) is 20.2 Å². The molecule has 1 unspecified atom stereocenters. The van der Waals surface area contributed by atoms with Crippen molar-refractivity contribution in [2.45, 2.75) is 5.92 Å². The minimum absolute atomic E-state index is 0.144. The Morgan fingerprint density at radius 2 is 1.56 bits per heavy atom. The Hall–Kier alpha value is -1.41. The zero-order valence-corrected chi connectivity index (χ0v) is 9.77. The van der Waals surface area contributed by atoms with Crippen LogP contribution in [0, 0.1) is 0 Å². The van der Waals surface area contributed by atoms with Gasteiger partial charge in [-0.1, -0.05) is 48.5 Å². The predicted molar refractivity (Wildman–Crippen MR) is 70.2 cm³/mol. The maximum Gasteiger partial charge on any atom is 0.119 e. The van der Waals surface area contributed by atoms with E-state index in [1.165, 1.54) is 5.56 Å². The first-order valence-electron chi connectivity index (χ1n) is 5.26. The van der Waals surface area contributed by atoms with Crippen LogP contribution in [0.15, 0.2) is 54.6 Å². The third-order valence-corrected chi connectivity index (χ3v) is 3.06. The molecule has 0 fully saturated rings. The molecule has 0 spiro atoms. The molecule has 0 saturated carbocycles. The van der Waals surface area contributed by atoms with Crippen LogP contribution < -0.4 is 0 Å². The second kappa shape index (κ2) is 5.08. The summed E-state index contributed by atoms with van der Waals surface area (Å²) in [5.41, 5.74) is 2.11. The zero-order chi connectivity index (χ0) is 11.4. The molecule has 2 rings (SSSR count). The molecule has 0 radical (unpaired) electrons. The van der Waals surface area contributed by atoms with Crippen LogP contribution in [0.3, 0.4) is 0 Å². The molecular formula is C14H14OS. The molecule has 0 aromatic heterocycles. The first kappa shape index (κ1) is 11.1. The van der Waals surface area contributed by atoms with Crippen molar-refractivity contribution >= 4 is 12.6 Å². The third-order valence-electron chi connectivity index (χ3n) is 2.70. The van der Waals surface area contributed by atoms with Crippen molar-refractivity contribution < 1.29 is 5.11 Å². The molecule has 0 saturated heterocycles. The average Bonchev–Trinajstić information content (AvgIpc) is 2.34. The highest BCUT2D eigenvalue weighted by Gasteiger charge is 2.14. The number of thiol groups is 1. The van der Waals surface area contributed by atoms with E-state index in [1.807, 2.05) is 36.4 Å². The molecule has 0 aliphatic rings. The third kappa shape index (κ3) is 2.22. The minimum atomic E-state index is 0.144. The molecule has 0 bridgehead atoms. The van der Waals surface area contributed by atoms with Crippen LogP contribution in [-0.4, -0.2) is 10.9 Å². The highest BCUT2D eigenvalue weighted by Crippen LogP contribution is 2.31. The zero-order valence-electron chi connectivity index (χ0n) is 8.88. The van der Waals surface area contributed by atoms with E-state index in [4.69, 9.17) is 0 Å². The summed E-state index contributed by atoms with van der Waals surface area (Å²) in [7, 11) is 0. The number of hydrogen-bond donors (Lipinski definition) is 2. The van der Waals surface area contributed by atoms with Gasteiger partial charge in [0.2, 0.25) is 0 Å². The Morgan fingerprint density at radius 3 is 2.19 bits per heavy atom. The minimum Gasteiger partial charge on any atom is -0.508 e. The molecule has 0 amide bonds. The van der Waals surface area contributed by atoms with Crippen molar-refractivity contribution in [2.24, 2.45) is 0 Å². The summed E-state index contributed by atoms with van der Waals surface area (Å²) in [6.07, 6.45) is 0. The lowest BCUT2D eigenvalue weighted by Gasteiger charge is -2.16. The van der Waals surface area contributed by atoms with E-state index in [0.29, 0.717) is 11.5 Å². The van der Waals surface area contributed by atoms with Gasteiger partial charge in [0, 0.05) is 17.2 Å². The molecule has 0 heterocycles. The van der Waals surface area contributed by atoms with E-state index in [9.17, 15) is 5.11 Å². The van der Waals surface area contributed by atoms with E-state index in [2.05, 4.69) is 24.8 Å². The first-order valence-corrected chi connectivity index (χ1v) is 5.90. The molecule has 1 N–H and O–H groups in total. The summed E-state index contributed by atoms with van der Waals surface area (Å²) < 4.78 is 0. The van der Waals surface area contributed by atoms with Gasteiger partial charge in [0.15, 0.2) is 0 Å². The van der Waals surface area contributed by atoms with Gasteiger partial charge in [-0.15, -0.1) is 0 Å². The van der Waals surface area contributed by atoms with Crippen LogP contribution in [0.25, 0.3) is 0 Å². The Morgan fingerprint density at radius 1 is 0.938 bits per heavy atom. The molecule has 2 aromatic carbocycles. The molecule has 2 aromatic rings. The highest BCUT2D eigenvalue weighted by molar-refractivity contribution is 7.80. The first-order chi connectivity index (χ1) is 7.83. The van der Waals surface area contributed by atoms with Gasteiger partial charge in [-0.3, -0.25) is 0 Å². The van der Waals surface area contributed by atoms with Gasteiger partial charge in [0.05, 0.1) is 0 Å². The Balaban J connectivity index is 2.41.